The van der Waals surface area contributed by atoms with E-state index in [4.69, 9.17) is 23.2 Å². The second kappa shape index (κ2) is 1.67. The van der Waals surface area contributed by atoms with Crippen molar-refractivity contribution in [3.63, 3.8) is 0 Å². The number of allylic oxidation sites excluding steroid dienone is 2. The van der Waals surface area contributed by atoms with Crippen LogP contribution in [0.4, 0.5) is 0 Å². The van der Waals surface area contributed by atoms with Crippen molar-refractivity contribution in [3.8, 4) is 0 Å². The maximum Gasteiger partial charge on any atom is 0.128 e. The quantitative estimate of drug-likeness (QED) is 0.380. The van der Waals surface area contributed by atoms with Crippen LogP contribution in [0.3, 0.4) is 0 Å². The molecule has 2 heteroatoms. The molecule has 1 fully saturated rings. The summed E-state index contributed by atoms with van der Waals surface area (Å²) in [5, 5.41) is 0. The standard InChI is InChI=1S/C7H8Cl2/c8-7(9)5-3-1-2-4-6(5)7/h1,3,5-6H,2,4H2/t5-,6+/m1/s1. The van der Waals surface area contributed by atoms with Crippen LogP contribution in [0.1, 0.15) is 12.8 Å². The van der Waals surface area contributed by atoms with Crippen molar-refractivity contribution in [2.45, 2.75) is 17.2 Å². The molecule has 0 aliphatic heterocycles. The molecule has 0 spiro atoms. The Hall–Kier alpha value is 0.320. The van der Waals surface area contributed by atoms with Crippen LogP contribution in [0.5, 0.6) is 0 Å². The van der Waals surface area contributed by atoms with E-state index in [1.54, 1.807) is 0 Å². The third kappa shape index (κ3) is 0.731. The first-order valence-electron chi connectivity index (χ1n) is 3.27. The van der Waals surface area contributed by atoms with Crippen molar-refractivity contribution >= 4 is 23.2 Å². The molecule has 2 aliphatic carbocycles. The molecule has 2 atom stereocenters. The lowest BCUT2D eigenvalue weighted by Crippen LogP contribution is -1.87. The van der Waals surface area contributed by atoms with Crippen molar-refractivity contribution in [3.05, 3.63) is 12.2 Å². The zero-order valence-corrected chi connectivity index (χ0v) is 6.49. The van der Waals surface area contributed by atoms with Gasteiger partial charge >= 0.3 is 0 Å². The smallest absolute Gasteiger partial charge is 0.101 e. The summed E-state index contributed by atoms with van der Waals surface area (Å²) in [6.45, 7) is 0. The third-order valence-electron chi connectivity index (χ3n) is 2.25. The van der Waals surface area contributed by atoms with Gasteiger partial charge in [-0.25, -0.2) is 0 Å². The Morgan fingerprint density at radius 3 is 2.67 bits per heavy atom. The van der Waals surface area contributed by atoms with Gasteiger partial charge in [-0.2, -0.15) is 0 Å². The van der Waals surface area contributed by atoms with E-state index in [0.29, 0.717) is 11.8 Å². The van der Waals surface area contributed by atoms with Crippen LogP contribution in [0, 0.1) is 11.8 Å². The molecular weight excluding hydrogens is 155 g/mol. The van der Waals surface area contributed by atoms with Gasteiger partial charge in [0, 0.05) is 11.8 Å². The Balaban J connectivity index is 2.19. The molecule has 0 saturated heterocycles. The Kier molecular flexibility index (Phi) is 1.13. The van der Waals surface area contributed by atoms with E-state index in [9.17, 15) is 0 Å². The van der Waals surface area contributed by atoms with Gasteiger partial charge in [-0.05, 0) is 12.8 Å². The maximum absolute atomic E-state index is 5.93. The fourth-order valence-electron chi connectivity index (χ4n) is 1.57. The van der Waals surface area contributed by atoms with E-state index in [-0.39, 0.29) is 0 Å². The number of alkyl halides is 2. The van der Waals surface area contributed by atoms with Crippen molar-refractivity contribution in [2.75, 3.05) is 0 Å². The number of rotatable bonds is 0. The van der Waals surface area contributed by atoms with Gasteiger partial charge in [0.05, 0.1) is 0 Å². The molecule has 0 amide bonds. The summed E-state index contributed by atoms with van der Waals surface area (Å²) >= 11 is 11.9. The lowest BCUT2D eigenvalue weighted by atomic mass is 10.1. The minimum atomic E-state index is -0.396. The second-order valence-electron chi connectivity index (χ2n) is 2.81. The highest BCUT2D eigenvalue weighted by Crippen LogP contribution is 2.63. The summed E-state index contributed by atoms with van der Waals surface area (Å²) in [7, 11) is 0. The van der Waals surface area contributed by atoms with Gasteiger partial charge in [0.2, 0.25) is 0 Å². The molecule has 2 rings (SSSR count). The van der Waals surface area contributed by atoms with E-state index in [1.807, 2.05) is 0 Å². The molecule has 0 unspecified atom stereocenters. The molecule has 0 N–H and O–H groups in total. The lowest BCUT2D eigenvalue weighted by Gasteiger charge is -1.96. The number of halogens is 2. The third-order valence-corrected chi connectivity index (χ3v) is 3.32. The Bertz CT molecular complexity index is 160. The predicted octanol–water partition coefficient (Wildman–Crippen LogP) is 2.76. The largest absolute Gasteiger partial charge is 0.128 e. The fraction of sp³-hybridized carbons (Fsp3) is 0.714. The van der Waals surface area contributed by atoms with Crippen LogP contribution in [0.2, 0.25) is 0 Å². The lowest BCUT2D eigenvalue weighted by molar-refractivity contribution is 0.680. The van der Waals surface area contributed by atoms with E-state index in [1.165, 1.54) is 6.42 Å². The summed E-state index contributed by atoms with van der Waals surface area (Å²) in [6, 6.07) is 0. The Morgan fingerprint density at radius 1 is 1.44 bits per heavy atom. The maximum atomic E-state index is 5.93. The number of fused-ring (bicyclic) bond motifs is 1. The minimum Gasteiger partial charge on any atom is -0.101 e. The first-order valence-corrected chi connectivity index (χ1v) is 4.03. The molecule has 2 aliphatic rings. The molecule has 0 bridgehead atoms. The van der Waals surface area contributed by atoms with Gasteiger partial charge in [0.15, 0.2) is 0 Å². The van der Waals surface area contributed by atoms with Gasteiger partial charge < -0.3 is 0 Å². The van der Waals surface area contributed by atoms with Gasteiger partial charge in [-0.3, -0.25) is 0 Å². The number of hydrogen-bond acceptors (Lipinski definition) is 0. The summed E-state index contributed by atoms with van der Waals surface area (Å²) in [6.07, 6.45) is 6.65. The molecule has 0 aromatic heterocycles. The summed E-state index contributed by atoms with van der Waals surface area (Å²) in [5.74, 6) is 1.03. The monoisotopic (exact) mass is 162 g/mol. The summed E-state index contributed by atoms with van der Waals surface area (Å²) in [4.78, 5) is 0. The average Bonchev–Trinajstić information content (AvgIpc) is 2.39. The van der Waals surface area contributed by atoms with Crippen LogP contribution in [0.15, 0.2) is 12.2 Å². The van der Waals surface area contributed by atoms with Crippen LogP contribution < -0.4 is 0 Å². The molecule has 0 nitrogen and oxygen atoms in total. The highest BCUT2D eigenvalue weighted by atomic mass is 35.5. The zero-order chi connectivity index (χ0) is 6.48. The molecule has 0 aromatic rings. The van der Waals surface area contributed by atoms with Crippen molar-refractivity contribution in [1.29, 1.82) is 0 Å². The molecule has 0 aromatic carbocycles. The second-order valence-corrected chi connectivity index (χ2v) is 4.26. The zero-order valence-electron chi connectivity index (χ0n) is 4.98. The molecule has 50 valence electrons. The van der Waals surface area contributed by atoms with Gasteiger partial charge in [-0.15, -0.1) is 23.2 Å². The van der Waals surface area contributed by atoms with E-state index < -0.39 is 4.33 Å². The minimum absolute atomic E-state index is 0.396. The van der Waals surface area contributed by atoms with E-state index >= 15 is 0 Å². The van der Waals surface area contributed by atoms with Crippen LogP contribution in [-0.4, -0.2) is 4.33 Å². The van der Waals surface area contributed by atoms with Gasteiger partial charge in [0.1, 0.15) is 4.33 Å². The predicted molar refractivity (Wildman–Crippen MR) is 39.8 cm³/mol. The van der Waals surface area contributed by atoms with Crippen LogP contribution in [-0.2, 0) is 0 Å². The highest BCUT2D eigenvalue weighted by molar-refractivity contribution is 6.51. The summed E-state index contributed by atoms with van der Waals surface area (Å²) < 4.78 is -0.396. The first-order chi connectivity index (χ1) is 4.23. The topological polar surface area (TPSA) is 0 Å². The van der Waals surface area contributed by atoms with Crippen LogP contribution >= 0.6 is 23.2 Å². The normalized spacial score (nSPS) is 44.2. The van der Waals surface area contributed by atoms with Gasteiger partial charge in [-0.1, -0.05) is 12.2 Å². The van der Waals surface area contributed by atoms with Crippen molar-refractivity contribution < 1.29 is 0 Å². The fourth-order valence-corrected chi connectivity index (χ4v) is 2.38. The number of hydrogen-bond donors (Lipinski definition) is 0. The Labute approximate surface area is 64.8 Å². The summed E-state index contributed by atoms with van der Waals surface area (Å²) in [5.41, 5.74) is 0. The molecule has 0 radical (unpaired) electrons. The Morgan fingerprint density at radius 2 is 2.22 bits per heavy atom. The molecule has 9 heavy (non-hydrogen) atoms. The van der Waals surface area contributed by atoms with Gasteiger partial charge in [0.25, 0.3) is 0 Å². The van der Waals surface area contributed by atoms with Crippen molar-refractivity contribution in [2.24, 2.45) is 11.8 Å². The van der Waals surface area contributed by atoms with Crippen molar-refractivity contribution in [1.82, 2.24) is 0 Å². The van der Waals surface area contributed by atoms with E-state index in [0.717, 1.165) is 6.42 Å². The molecule has 0 heterocycles. The van der Waals surface area contributed by atoms with Crippen LogP contribution in [0.25, 0.3) is 0 Å². The highest BCUT2D eigenvalue weighted by Gasteiger charge is 2.61. The molecule has 1 saturated carbocycles. The first kappa shape index (κ1) is 6.06. The van der Waals surface area contributed by atoms with E-state index in [2.05, 4.69) is 12.2 Å². The molecular formula is C7H8Cl2. The average molecular weight is 163 g/mol. The SMILES string of the molecule is ClC1(Cl)[C@@H]2C=CCC[C@@H]21.